The normalized spacial score (nSPS) is 20.7. The van der Waals surface area contributed by atoms with Gasteiger partial charge in [-0.15, -0.1) is 11.8 Å². The molecule has 1 aliphatic heterocycles. The summed E-state index contributed by atoms with van der Waals surface area (Å²) in [5, 5.41) is 7.63. The van der Waals surface area contributed by atoms with E-state index in [2.05, 4.69) is 20.0 Å². The average molecular weight is 574 g/mol. The van der Waals surface area contributed by atoms with Gasteiger partial charge in [0.05, 0.1) is 25.3 Å². The summed E-state index contributed by atoms with van der Waals surface area (Å²) in [7, 11) is -4.46. The Labute approximate surface area is 225 Å². The van der Waals surface area contributed by atoms with Gasteiger partial charge in [-0.05, 0) is 51.9 Å². The summed E-state index contributed by atoms with van der Waals surface area (Å²) >= 11 is 1.40. The number of hydrogen-bond acceptors (Lipinski definition) is 10. The predicted octanol–water partition coefficient (Wildman–Crippen LogP) is 3.57. The smallest absolute Gasteiger partial charge is 0.469 e. The number of rotatable bonds is 16. The highest BCUT2D eigenvalue weighted by Crippen LogP contribution is 2.36. The number of thioether (sulfide) groups is 1. The van der Waals surface area contributed by atoms with Crippen LogP contribution in [0.4, 0.5) is 0 Å². The van der Waals surface area contributed by atoms with E-state index in [9.17, 15) is 14.2 Å². The van der Waals surface area contributed by atoms with Crippen LogP contribution in [0, 0.1) is 5.92 Å². The Morgan fingerprint density at radius 2 is 2.08 bits per heavy atom. The first kappa shape index (κ1) is 30.4. The molecule has 38 heavy (non-hydrogen) atoms. The van der Waals surface area contributed by atoms with Crippen LogP contribution >= 0.6 is 19.6 Å². The Hall–Kier alpha value is -2.18. The molecule has 0 radical (unpaired) electrons. The maximum atomic E-state index is 13.3. The molecule has 14 heteroatoms. The highest BCUT2D eigenvalue weighted by Gasteiger charge is 2.40. The number of aliphatic imine (C=N–C) groups is 1. The van der Waals surface area contributed by atoms with Crippen molar-refractivity contribution in [2.45, 2.75) is 70.9 Å². The number of carbonyl (C=O) groups is 1. The first-order valence-corrected chi connectivity index (χ1v) is 15.2. The van der Waals surface area contributed by atoms with Crippen molar-refractivity contribution < 1.29 is 37.7 Å². The monoisotopic (exact) mass is 573 g/mol. The zero-order chi connectivity index (χ0) is 27.8. The van der Waals surface area contributed by atoms with Crippen LogP contribution in [-0.4, -0.2) is 57.6 Å². The van der Waals surface area contributed by atoms with Crippen LogP contribution in [-0.2, 0) is 18.7 Å². The second-order valence-corrected chi connectivity index (χ2v) is 11.8. The van der Waals surface area contributed by atoms with Gasteiger partial charge in [-0.25, -0.2) is 9.36 Å². The molecule has 1 fully saturated rings. The molecule has 0 bridgehead atoms. The molecule has 1 aromatic rings. The number of nitrogens with one attached hydrogen (secondary N) is 1. The van der Waals surface area contributed by atoms with Gasteiger partial charge < -0.3 is 29.1 Å². The Balaban J connectivity index is 1.57. The molecule has 12 nitrogen and oxygen atoms in total. The van der Waals surface area contributed by atoms with Crippen LogP contribution in [0.3, 0.4) is 0 Å². The Morgan fingerprint density at radius 1 is 1.34 bits per heavy atom. The largest absolute Gasteiger partial charge is 0.493 e. The molecular weight excluding hydrogens is 537 g/mol. The third-order valence-corrected chi connectivity index (χ3v) is 7.79. The lowest BCUT2D eigenvalue weighted by Crippen LogP contribution is -2.45. The van der Waals surface area contributed by atoms with Crippen LogP contribution in [0.25, 0.3) is 0 Å². The molecular formula is C24H36N3O9PS. The van der Waals surface area contributed by atoms with Gasteiger partial charge in [0.2, 0.25) is 5.91 Å². The fourth-order valence-corrected chi connectivity index (χ4v) is 5.04. The number of phosphoric acid groups is 1. The number of carbonyl (C=O) groups excluding carboxylic acids is 1. The summed E-state index contributed by atoms with van der Waals surface area (Å²) in [4.78, 5) is 52.6. The van der Waals surface area contributed by atoms with E-state index in [0.717, 1.165) is 19.3 Å². The van der Waals surface area contributed by atoms with E-state index in [1.165, 1.54) is 17.8 Å². The van der Waals surface area contributed by atoms with Crippen molar-refractivity contribution in [2.24, 2.45) is 16.1 Å². The van der Waals surface area contributed by atoms with Gasteiger partial charge in [-0.3, -0.25) is 14.3 Å². The highest BCUT2D eigenvalue weighted by atomic mass is 32.2. The van der Waals surface area contributed by atoms with Crippen LogP contribution in [0.15, 0.2) is 31.5 Å². The van der Waals surface area contributed by atoms with Crippen LogP contribution < -0.4 is 15.7 Å². The second kappa shape index (κ2) is 13.7. The minimum Gasteiger partial charge on any atom is -0.493 e. The Morgan fingerprint density at radius 3 is 2.76 bits per heavy atom. The summed E-state index contributed by atoms with van der Waals surface area (Å²) in [5.74, 6) is 1.46. The van der Waals surface area contributed by atoms with Crippen molar-refractivity contribution in [1.29, 1.82) is 0 Å². The molecule has 1 aromatic heterocycles. The maximum absolute atomic E-state index is 13.3. The van der Waals surface area contributed by atoms with Gasteiger partial charge in [-0.1, -0.05) is 18.5 Å². The number of ether oxygens (including phenoxy) is 1. The minimum absolute atomic E-state index is 0.0768. The van der Waals surface area contributed by atoms with Crippen molar-refractivity contribution in [3.05, 3.63) is 28.3 Å². The van der Waals surface area contributed by atoms with Crippen LogP contribution in [0.5, 0.6) is 5.75 Å². The topological polar surface area (TPSA) is 169 Å². The summed E-state index contributed by atoms with van der Waals surface area (Å²) in [6.45, 7) is 6.19. The van der Waals surface area contributed by atoms with Gasteiger partial charge in [-0.2, -0.15) is 0 Å². The molecule has 2 atom stereocenters. The van der Waals surface area contributed by atoms with E-state index in [0.29, 0.717) is 59.8 Å². The van der Waals surface area contributed by atoms with E-state index in [-0.39, 0.29) is 19.1 Å². The van der Waals surface area contributed by atoms with Crippen molar-refractivity contribution in [3.63, 3.8) is 0 Å². The molecule has 2 aliphatic rings. The lowest BCUT2D eigenvalue weighted by atomic mass is 10.0. The van der Waals surface area contributed by atoms with Crippen LogP contribution in [0.2, 0.25) is 0 Å². The van der Waals surface area contributed by atoms with E-state index in [4.69, 9.17) is 23.8 Å². The SMILES string of the molecule is CCC[C@@H](NC(=O)[C@]1(C)CSC(/C(C)=N/OCCCCOP(=O)(O)O)=N1)c1cc(OCC2CC2)cc(=O)o1. The number of amides is 1. The molecule has 0 saturated heterocycles. The zero-order valence-electron chi connectivity index (χ0n) is 21.9. The summed E-state index contributed by atoms with van der Waals surface area (Å²) in [6.07, 6.45) is 4.51. The summed E-state index contributed by atoms with van der Waals surface area (Å²) < 4.78 is 26.2. The predicted molar refractivity (Wildman–Crippen MR) is 144 cm³/mol. The lowest BCUT2D eigenvalue weighted by Gasteiger charge is -2.24. The zero-order valence-corrected chi connectivity index (χ0v) is 23.6. The molecule has 3 N–H and O–H groups in total. The summed E-state index contributed by atoms with van der Waals surface area (Å²) in [5.41, 5.74) is -1.04. The molecule has 2 heterocycles. The van der Waals surface area contributed by atoms with E-state index in [1.807, 2.05) is 6.92 Å². The lowest BCUT2D eigenvalue weighted by molar-refractivity contribution is -0.125. The molecule has 0 aromatic carbocycles. The van der Waals surface area contributed by atoms with Gasteiger partial charge in [0.15, 0.2) is 0 Å². The number of nitrogens with zero attached hydrogens (tertiary/aromatic N) is 2. The van der Waals surface area contributed by atoms with Crippen molar-refractivity contribution >= 4 is 36.2 Å². The van der Waals surface area contributed by atoms with Gasteiger partial charge in [0, 0.05) is 11.8 Å². The van der Waals surface area contributed by atoms with Crippen molar-refractivity contribution in [3.8, 4) is 5.75 Å². The minimum atomic E-state index is -4.46. The molecule has 0 unspecified atom stereocenters. The van der Waals surface area contributed by atoms with Crippen molar-refractivity contribution in [1.82, 2.24) is 5.32 Å². The maximum Gasteiger partial charge on any atom is 0.469 e. The molecule has 1 amide bonds. The van der Waals surface area contributed by atoms with Crippen molar-refractivity contribution in [2.75, 3.05) is 25.6 Å². The van der Waals surface area contributed by atoms with Crippen LogP contribution in [0.1, 0.15) is 71.1 Å². The third-order valence-electron chi connectivity index (χ3n) is 5.90. The molecule has 1 saturated carbocycles. The fourth-order valence-electron chi connectivity index (χ4n) is 3.55. The van der Waals surface area contributed by atoms with Gasteiger partial charge in [0.1, 0.15) is 34.4 Å². The first-order chi connectivity index (χ1) is 18.0. The molecule has 212 valence electrons. The first-order valence-electron chi connectivity index (χ1n) is 12.7. The number of oxime groups is 1. The second-order valence-electron chi connectivity index (χ2n) is 9.60. The Bertz CT molecular complexity index is 1130. The van der Waals surface area contributed by atoms with Gasteiger partial charge >= 0.3 is 13.4 Å². The third kappa shape index (κ3) is 9.85. The Kier molecular flexibility index (Phi) is 11.0. The summed E-state index contributed by atoms with van der Waals surface area (Å²) in [6, 6.07) is 2.50. The number of unbranched alkanes of at least 4 members (excludes halogenated alkanes) is 1. The number of phosphoric ester groups is 1. The number of hydrogen-bond donors (Lipinski definition) is 3. The fraction of sp³-hybridized carbons (Fsp3) is 0.667. The van der Waals surface area contributed by atoms with E-state index in [1.54, 1.807) is 19.9 Å². The standard InChI is InChI=1S/C24H36N3O9PS/c1-4-7-19(20-12-18(13-21(28)36-20)33-14-17-8-9-17)25-23(29)24(3)15-38-22(26-24)16(2)27-34-10-5-6-11-35-37(30,31)32/h12-13,17,19H,4-11,14-15H2,1-3H3,(H,25,29)(H2,30,31,32)/b27-16+/t19-,24+/m1/s1. The molecule has 0 spiro atoms. The quantitative estimate of drug-likeness (QED) is 0.115. The molecule has 3 rings (SSSR count). The molecule has 1 aliphatic carbocycles. The highest BCUT2D eigenvalue weighted by molar-refractivity contribution is 8.16. The van der Waals surface area contributed by atoms with E-state index < -0.39 is 25.0 Å². The van der Waals surface area contributed by atoms with E-state index >= 15 is 0 Å². The average Bonchev–Trinajstić information content (AvgIpc) is 3.59. The van der Waals surface area contributed by atoms with Gasteiger partial charge in [0.25, 0.3) is 0 Å².